The molecule has 5 nitrogen and oxygen atoms in total. The first-order valence-corrected chi connectivity index (χ1v) is 5.54. The Morgan fingerprint density at radius 3 is 3.00 bits per heavy atom. The molecule has 2 N–H and O–H groups in total. The Balaban J connectivity index is 2.17. The number of phenols is 1. The standard InChI is InChI=1S/C13H11N3O2/c17-11-3-1-2-10-4-5-16(13(18)12(10)11)8-9-6-14-15-7-9/h1-7,17H,8H2,(H,14,15). The molecule has 0 saturated heterocycles. The molecule has 90 valence electrons. The molecule has 0 atom stereocenters. The Labute approximate surface area is 102 Å². The lowest BCUT2D eigenvalue weighted by atomic mass is 10.1. The third-order valence-corrected chi connectivity index (χ3v) is 2.89. The summed E-state index contributed by atoms with van der Waals surface area (Å²) in [4.78, 5) is 12.2. The quantitative estimate of drug-likeness (QED) is 0.713. The monoisotopic (exact) mass is 241 g/mol. The fraction of sp³-hybridized carbons (Fsp3) is 0.0769. The molecule has 0 radical (unpaired) electrons. The molecule has 3 aromatic rings. The average Bonchev–Trinajstić information content (AvgIpc) is 2.86. The molecule has 18 heavy (non-hydrogen) atoms. The number of rotatable bonds is 2. The zero-order valence-electron chi connectivity index (χ0n) is 9.50. The van der Waals surface area contributed by atoms with E-state index >= 15 is 0 Å². The second kappa shape index (κ2) is 4.03. The minimum absolute atomic E-state index is 0.0130. The second-order valence-corrected chi connectivity index (χ2v) is 4.10. The van der Waals surface area contributed by atoms with Gasteiger partial charge >= 0.3 is 0 Å². The number of nitrogens with one attached hydrogen (secondary N) is 1. The van der Waals surface area contributed by atoms with Gasteiger partial charge in [-0.1, -0.05) is 12.1 Å². The third kappa shape index (κ3) is 1.66. The van der Waals surface area contributed by atoms with Gasteiger partial charge in [0.1, 0.15) is 5.75 Å². The second-order valence-electron chi connectivity index (χ2n) is 4.10. The molecule has 0 unspecified atom stereocenters. The Morgan fingerprint density at radius 2 is 2.22 bits per heavy atom. The zero-order chi connectivity index (χ0) is 12.5. The minimum Gasteiger partial charge on any atom is -0.507 e. The lowest BCUT2D eigenvalue weighted by Crippen LogP contribution is -2.19. The maximum absolute atomic E-state index is 12.2. The number of aromatic nitrogens is 3. The molecule has 0 aliphatic heterocycles. The molecule has 0 aliphatic carbocycles. The van der Waals surface area contributed by atoms with Gasteiger partial charge in [-0.2, -0.15) is 5.10 Å². The Bertz CT molecular complexity index is 745. The van der Waals surface area contributed by atoms with Crippen molar-refractivity contribution in [1.29, 1.82) is 0 Å². The van der Waals surface area contributed by atoms with Crippen molar-refractivity contribution in [2.24, 2.45) is 0 Å². The summed E-state index contributed by atoms with van der Waals surface area (Å²) < 4.78 is 1.55. The smallest absolute Gasteiger partial charge is 0.262 e. The van der Waals surface area contributed by atoms with Crippen LogP contribution in [-0.2, 0) is 6.54 Å². The first-order chi connectivity index (χ1) is 8.75. The van der Waals surface area contributed by atoms with E-state index in [9.17, 15) is 9.90 Å². The third-order valence-electron chi connectivity index (χ3n) is 2.89. The van der Waals surface area contributed by atoms with Gasteiger partial charge < -0.3 is 9.67 Å². The van der Waals surface area contributed by atoms with Crippen molar-refractivity contribution in [2.75, 3.05) is 0 Å². The van der Waals surface area contributed by atoms with Crippen LogP contribution in [0.4, 0.5) is 0 Å². The molecule has 0 aliphatic rings. The molecule has 1 aromatic carbocycles. The van der Waals surface area contributed by atoms with Crippen LogP contribution in [-0.4, -0.2) is 19.9 Å². The van der Waals surface area contributed by atoms with E-state index in [2.05, 4.69) is 10.2 Å². The summed E-state index contributed by atoms with van der Waals surface area (Å²) >= 11 is 0. The number of benzene rings is 1. The highest BCUT2D eigenvalue weighted by Gasteiger charge is 2.07. The lowest BCUT2D eigenvalue weighted by Gasteiger charge is -2.06. The van der Waals surface area contributed by atoms with Crippen molar-refractivity contribution >= 4 is 10.8 Å². The van der Waals surface area contributed by atoms with Crippen molar-refractivity contribution in [1.82, 2.24) is 14.8 Å². The zero-order valence-corrected chi connectivity index (χ0v) is 9.50. The van der Waals surface area contributed by atoms with Gasteiger partial charge in [-0.05, 0) is 17.5 Å². The van der Waals surface area contributed by atoms with E-state index in [1.807, 2.05) is 6.07 Å². The molecule has 2 aromatic heterocycles. The maximum Gasteiger partial charge on any atom is 0.262 e. The summed E-state index contributed by atoms with van der Waals surface area (Å²) in [5.41, 5.74) is 0.707. The van der Waals surface area contributed by atoms with Crippen LogP contribution in [0.1, 0.15) is 5.56 Å². The van der Waals surface area contributed by atoms with Crippen molar-refractivity contribution in [2.45, 2.75) is 6.54 Å². The number of pyridine rings is 1. The van der Waals surface area contributed by atoms with E-state index in [-0.39, 0.29) is 11.3 Å². The Hall–Kier alpha value is -2.56. The number of H-pyrrole nitrogens is 1. The summed E-state index contributed by atoms with van der Waals surface area (Å²) in [5.74, 6) is 0.0130. The molecule has 0 fully saturated rings. The maximum atomic E-state index is 12.2. The van der Waals surface area contributed by atoms with Gasteiger partial charge in [0.2, 0.25) is 0 Å². The van der Waals surface area contributed by atoms with Crippen LogP contribution in [0.15, 0.2) is 47.7 Å². The van der Waals surface area contributed by atoms with Crippen LogP contribution >= 0.6 is 0 Å². The molecule has 3 rings (SSSR count). The highest BCUT2D eigenvalue weighted by Crippen LogP contribution is 2.20. The van der Waals surface area contributed by atoms with Crippen LogP contribution in [0, 0.1) is 0 Å². The van der Waals surface area contributed by atoms with E-state index in [1.165, 1.54) is 6.07 Å². The molecule has 5 heteroatoms. The number of nitrogens with zero attached hydrogens (tertiary/aromatic N) is 2. The summed E-state index contributed by atoms with van der Waals surface area (Å²) in [6.45, 7) is 0.430. The number of hydrogen-bond donors (Lipinski definition) is 2. The topological polar surface area (TPSA) is 70.9 Å². The first-order valence-electron chi connectivity index (χ1n) is 5.54. The van der Waals surface area contributed by atoms with Gasteiger partial charge in [0.15, 0.2) is 0 Å². The fourth-order valence-electron chi connectivity index (χ4n) is 2.00. The summed E-state index contributed by atoms with van der Waals surface area (Å²) in [5, 5.41) is 17.4. The SMILES string of the molecule is O=c1c2c(O)cccc2ccn1Cc1cn[nH]c1. The van der Waals surface area contributed by atoms with E-state index in [0.717, 1.165) is 10.9 Å². The molecule has 0 spiro atoms. The molecule has 2 heterocycles. The minimum atomic E-state index is -0.202. The fourth-order valence-corrected chi connectivity index (χ4v) is 2.00. The lowest BCUT2D eigenvalue weighted by molar-refractivity contribution is 0.480. The van der Waals surface area contributed by atoms with Gasteiger partial charge in [-0.25, -0.2) is 0 Å². The van der Waals surface area contributed by atoms with Gasteiger partial charge in [0.25, 0.3) is 5.56 Å². The highest BCUT2D eigenvalue weighted by atomic mass is 16.3. The normalized spacial score (nSPS) is 10.9. The predicted molar refractivity (Wildman–Crippen MR) is 67.6 cm³/mol. The summed E-state index contributed by atoms with van der Waals surface area (Å²) in [7, 11) is 0. The number of phenolic OH excluding ortho intramolecular Hbond substituents is 1. The van der Waals surface area contributed by atoms with Crippen LogP contribution in [0.3, 0.4) is 0 Å². The Kier molecular flexibility index (Phi) is 2.37. The van der Waals surface area contributed by atoms with Crippen molar-refractivity contribution < 1.29 is 5.11 Å². The van der Waals surface area contributed by atoms with Crippen molar-refractivity contribution in [3.05, 3.63) is 58.8 Å². The molecule has 0 bridgehead atoms. The average molecular weight is 241 g/mol. The number of fused-ring (bicyclic) bond motifs is 1. The summed E-state index contributed by atoms with van der Waals surface area (Å²) in [6, 6.07) is 6.86. The van der Waals surface area contributed by atoms with E-state index in [4.69, 9.17) is 0 Å². The Morgan fingerprint density at radius 1 is 1.33 bits per heavy atom. The van der Waals surface area contributed by atoms with Gasteiger partial charge in [-0.15, -0.1) is 0 Å². The largest absolute Gasteiger partial charge is 0.507 e. The van der Waals surface area contributed by atoms with Crippen LogP contribution in [0.25, 0.3) is 10.8 Å². The van der Waals surface area contributed by atoms with E-state index in [0.29, 0.717) is 11.9 Å². The van der Waals surface area contributed by atoms with Crippen LogP contribution < -0.4 is 5.56 Å². The number of aromatic hydroxyl groups is 1. The highest BCUT2D eigenvalue weighted by molar-refractivity contribution is 5.86. The van der Waals surface area contributed by atoms with Crippen molar-refractivity contribution in [3.8, 4) is 5.75 Å². The molecular formula is C13H11N3O2. The van der Waals surface area contributed by atoms with Gasteiger partial charge in [0.05, 0.1) is 18.1 Å². The first kappa shape index (κ1) is 10.6. The van der Waals surface area contributed by atoms with Crippen LogP contribution in [0.2, 0.25) is 0 Å². The van der Waals surface area contributed by atoms with Crippen molar-refractivity contribution in [3.63, 3.8) is 0 Å². The van der Waals surface area contributed by atoms with Crippen LogP contribution in [0.5, 0.6) is 5.75 Å². The van der Waals surface area contributed by atoms with E-state index < -0.39 is 0 Å². The number of hydrogen-bond acceptors (Lipinski definition) is 3. The predicted octanol–water partition coefficient (Wildman–Crippen LogP) is 1.48. The molecular weight excluding hydrogens is 230 g/mol. The summed E-state index contributed by atoms with van der Waals surface area (Å²) in [6.07, 6.45) is 5.13. The number of aromatic amines is 1. The van der Waals surface area contributed by atoms with Gasteiger partial charge in [0, 0.05) is 18.0 Å². The van der Waals surface area contributed by atoms with Gasteiger partial charge in [-0.3, -0.25) is 9.89 Å². The van der Waals surface area contributed by atoms with E-state index in [1.54, 1.807) is 35.3 Å². The molecule has 0 amide bonds. The molecule has 0 saturated carbocycles.